The van der Waals surface area contributed by atoms with Gasteiger partial charge in [-0.05, 0) is 55.1 Å². The SMILES string of the molecule is CN(C)Cc1ccccc1-c1ccc(N2CC(CNC(=O)c3ccc(Cl)s3)CC2=O)c(F)c1. The highest BCUT2D eigenvalue weighted by Gasteiger charge is 2.32. The molecule has 2 heterocycles. The summed E-state index contributed by atoms with van der Waals surface area (Å²) in [5, 5.41) is 2.85. The van der Waals surface area contributed by atoms with Gasteiger partial charge in [0.2, 0.25) is 5.91 Å². The second-order valence-electron chi connectivity index (χ2n) is 8.45. The van der Waals surface area contributed by atoms with Gasteiger partial charge in [0, 0.05) is 32.0 Å². The van der Waals surface area contributed by atoms with Gasteiger partial charge in [-0.2, -0.15) is 0 Å². The van der Waals surface area contributed by atoms with Crippen molar-refractivity contribution < 1.29 is 14.0 Å². The van der Waals surface area contributed by atoms with Crippen LogP contribution in [0.5, 0.6) is 0 Å². The fourth-order valence-electron chi connectivity index (χ4n) is 4.09. The molecular formula is C25H25ClFN3O2S. The number of benzene rings is 2. The van der Waals surface area contributed by atoms with Gasteiger partial charge in [0.15, 0.2) is 0 Å². The van der Waals surface area contributed by atoms with Crippen LogP contribution < -0.4 is 10.2 Å². The average Bonchev–Trinajstić information content (AvgIpc) is 3.37. The van der Waals surface area contributed by atoms with E-state index >= 15 is 4.39 Å². The van der Waals surface area contributed by atoms with Gasteiger partial charge in [0.1, 0.15) is 5.82 Å². The highest BCUT2D eigenvalue weighted by atomic mass is 35.5. The minimum Gasteiger partial charge on any atom is -0.351 e. The highest BCUT2D eigenvalue weighted by molar-refractivity contribution is 7.18. The maximum atomic E-state index is 15.1. The highest BCUT2D eigenvalue weighted by Crippen LogP contribution is 2.32. The molecule has 1 aromatic heterocycles. The fourth-order valence-corrected chi connectivity index (χ4v) is 5.04. The van der Waals surface area contributed by atoms with Gasteiger partial charge in [0.25, 0.3) is 5.91 Å². The lowest BCUT2D eigenvalue weighted by Gasteiger charge is -2.19. The minimum atomic E-state index is -0.432. The Labute approximate surface area is 201 Å². The number of thiophene rings is 1. The molecule has 5 nitrogen and oxygen atoms in total. The van der Waals surface area contributed by atoms with Crippen molar-refractivity contribution in [2.24, 2.45) is 5.92 Å². The van der Waals surface area contributed by atoms with Crippen molar-refractivity contribution >= 4 is 40.4 Å². The molecule has 1 saturated heterocycles. The fraction of sp³-hybridized carbons (Fsp3) is 0.280. The Balaban J connectivity index is 1.45. The summed E-state index contributed by atoms with van der Waals surface area (Å²) in [5.41, 5.74) is 3.12. The van der Waals surface area contributed by atoms with Gasteiger partial charge in [-0.25, -0.2) is 4.39 Å². The molecule has 0 spiro atoms. The van der Waals surface area contributed by atoms with Gasteiger partial charge in [-0.15, -0.1) is 11.3 Å². The molecule has 0 radical (unpaired) electrons. The van der Waals surface area contributed by atoms with Gasteiger partial charge in [-0.1, -0.05) is 41.9 Å². The Morgan fingerprint density at radius 1 is 1.21 bits per heavy atom. The number of hydrogen-bond donors (Lipinski definition) is 1. The molecule has 0 bridgehead atoms. The summed E-state index contributed by atoms with van der Waals surface area (Å²) in [6, 6.07) is 16.3. The number of amides is 2. The van der Waals surface area contributed by atoms with Crippen LogP contribution in [-0.4, -0.2) is 43.9 Å². The molecule has 1 fully saturated rings. The zero-order valence-electron chi connectivity index (χ0n) is 18.5. The summed E-state index contributed by atoms with van der Waals surface area (Å²) in [6.45, 7) is 1.45. The molecule has 2 aromatic carbocycles. The number of anilines is 1. The molecule has 1 atom stereocenters. The molecule has 1 aliphatic rings. The summed E-state index contributed by atoms with van der Waals surface area (Å²) in [6.07, 6.45) is 0.262. The summed E-state index contributed by atoms with van der Waals surface area (Å²) in [5.74, 6) is -0.881. The quantitative estimate of drug-likeness (QED) is 0.509. The lowest BCUT2D eigenvalue weighted by molar-refractivity contribution is -0.117. The van der Waals surface area contributed by atoms with E-state index in [9.17, 15) is 9.59 Å². The lowest BCUT2D eigenvalue weighted by atomic mass is 9.99. The predicted molar refractivity (Wildman–Crippen MR) is 131 cm³/mol. The van der Waals surface area contributed by atoms with E-state index in [1.165, 1.54) is 22.3 Å². The normalized spacial score (nSPS) is 16.0. The number of carbonyl (C=O) groups is 2. The van der Waals surface area contributed by atoms with E-state index in [0.717, 1.165) is 23.2 Å². The van der Waals surface area contributed by atoms with E-state index in [1.54, 1.807) is 18.2 Å². The Morgan fingerprint density at radius 3 is 2.70 bits per heavy atom. The minimum absolute atomic E-state index is 0.0863. The number of nitrogens with zero attached hydrogens (tertiary/aromatic N) is 2. The molecular weight excluding hydrogens is 461 g/mol. The smallest absolute Gasteiger partial charge is 0.261 e. The van der Waals surface area contributed by atoms with E-state index in [0.29, 0.717) is 22.3 Å². The van der Waals surface area contributed by atoms with Crippen molar-refractivity contribution in [2.75, 3.05) is 32.1 Å². The van der Waals surface area contributed by atoms with Crippen LogP contribution in [0.1, 0.15) is 21.7 Å². The molecule has 0 aliphatic carbocycles. The van der Waals surface area contributed by atoms with E-state index < -0.39 is 5.82 Å². The van der Waals surface area contributed by atoms with Gasteiger partial charge >= 0.3 is 0 Å². The van der Waals surface area contributed by atoms with E-state index in [4.69, 9.17) is 11.6 Å². The zero-order chi connectivity index (χ0) is 23.5. The summed E-state index contributed by atoms with van der Waals surface area (Å²) in [4.78, 5) is 28.9. The Bertz CT molecular complexity index is 1180. The van der Waals surface area contributed by atoms with E-state index in [2.05, 4.69) is 10.2 Å². The second-order valence-corrected chi connectivity index (χ2v) is 10.2. The van der Waals surface area contributed by atoms with Crippen molar-refractivity contribution in [3.63, 3.8) is 0 Å². The zero-order valence-corrected chi connectivity index (χ0v) is 20.0. The van der Waals surface area contributed by atoms with Crippen molar-refractivity contribution in [3.05, 3.63) is 75.2 Å². The van der Waals surface area contributed by atoms with Crippen LogP contribution in [0.25, 0.3) is 11.1 Å². The summed E-state index contributed by atoms with van der Waals surface area (Å²) in [7, 11) is 3.99. The molecule has 8 heteroatoms. The Morgan fingerprint density at radius 2 is 2.00 bits per heavy atom. The average molecular weight is 486 g/mol. The largest absolute Gasteiger partial charge is 0.351 e. The molecule has 2 amide bonds. The number of hydrogen-bond acceptors (Lipinski definition) is 4. The van der Waals surface area contributed by atoms with Crippen LogP contribution in [-0.2, 0) is 11.3 Å². The van der Waals surface area contributed by atoms with Crippen LogP contribution in [0.15, 0.2) is 54.6 Å². The first-order chi connectivity index (χ1) is 15.8. The third-order valence-electron chi connectivity index (χ3n) is 5.61. The van der Waals surface area contributed by atoms with Gasteiger partial charge < -0.3 is 15.1 Å². The molecule has 0 saturated carbocycles. The summed E-state index contributed by atoms with van der Waals surface area (Å²) < 4.78 is 15.7. The van der Waals surface area contributed by atoms with Gasteiger partial charge in [0.05, 0.1) is 14.9 Å². The first-order valence-corrected chi connectivity index (χ1v) is 11.9. The maximum Gasteiger partial charge on any atom is 0.261 e. The van der Waals surface area contributed by atoms with Gasteiger partial charge in [-0.3, -0.25) is 9.59 Å². The third-order valence-corrected chi connectivity index (χ3v) is 6.84. The Kier molecular flexibility index (Phi) is 7.12. The van der Waals surface area contributed by atoms with Crippen LogP contribution >= 0.6 is 22.9 Å². The van der Waals surface area contributed by atoms with Crippen LogP contribution in [0.3, 0.4) is 0 Å². The molecule has 33 heavy (non-hydrogen) atoms. The second kappa shape index (κ2) is 10.0. The van der Waals surface area contributed by atoms with Crippen molar-refractivity contribution in [2.45, 2.75) is 13.0 Å². The first kappa shape index (κ1) is 23.4. The van der Waals surface area contributed by atoms with E-state index in [1.807, 2.05) is 44.4 Å². The molecule has 1 unspecified atom stereocenters. The van der Waals surface area contributed by atoms with Crippen LogP contribution in [0.2, 0.25) is 4.34 Å². The standard InChI is InChI=1S/C25H25ClFN3O2S/c1-29(2)15-18-5-3-4-6-19(18)17-7-8-21(20(27)12-17)30-14-16(11-24(30)31)13-28-25(32)22-9-10-23(26)33-22/h3-10,12,16H,11,13-15H2,1-2H3,(H,28,32). The monoisotopic (exact) mass is 485 g/mol. The summed E-state index contributed by atoms with van der Waals surface area (Å²) >= 11 is 7.09. The Hall–Kier alpha value is -2.74. The third kappa shape index (κ3) is 5.43. The maximum absolute atomic E-state index is 15.1. The van der Waals surface area contributed by atoms with Crippen LogP contribution in [0, 0.1) is 11.7 Å². The van der Waals surface area contributed by atoms with E-state index in [-0.39, 0.29) is 29.8 Å². The van der Waals surface area contributed by atoms with Crippen LogP contribution in [0.4, 0.5) is 10.1 Å². The van der Waals surface area contributed by atoms with Crippen molar-refractivity contribution in [3.8, 4) is 11.1 Å². The predicted octanol–water partition coefficient (Wildman–Crippen LogP) is 5.05. The number of carbonyl (C=O) groups excluding carboxylic acids is 2. The molecule has 1 N–H and O–H groups in total. The molecule has 172 valence electrons. The topological polar surface area (TPSA) is 52.6 Å². The molecule has 4 rings (SSSR count). The van der Waals surface area contributed by atoms with Crippen molar-refractivity contribution in [1.29, 1.82) is 0 Å². The molecule has 1 aliphatic heterocycles. The van der Waals surface area contributed by atoms with Crippen molar-refractivity contribution in [1.82, 2.24) is 10.2 Å². The lowest BCUT2D eigenvalue weighted by Crippen LogP contribution is -2.31. The number of rotatable bonds is 7. The molecule has 3 aromatic rings. The number of halogens is 2. The first-order valence-electron chi connectivity index (χ1n) is 10.7. The number of nitrogens with one attached hydrogen (secondary N) is 1.